The lowest BCUT2D eigenvalue weighted by atomic mass is 10.0. The first-order valence-corrected chi connectivity index (χ1v) is 9.17. The highest BCUT2D eigenvalue weighted by molar-refractivity contribution is 9.10. The SMILES string of the molecule is CC(C)CNCc1ccc(N2CC3CCCC3C2)cc1Br. The van der Waals surface area contributed by atoms with E-state index in [4.69, 9.17) is 0 Å². The van der Waals surface area contributed by atoms with Gasteiger partial charge in [-0.1, -0.05) is 42.3 Å². The molecule has 0 amide bonds. The van der Waals surface area contributed by atoms with E-state index >= 15 is 0 Å². The first kappa shape index (κ1) is 15.4. The first-order chi connectivity index (χ1) is 10.1. The second-order valence-corrected chi connectivity index (χ2v) is 8.01. The summed E-state index contributed by atoms with van der Waals surface area (Å²) in [5.41, 5.74) is 2.75. The van der Waals surface area contributed by atoms with Gasteiger partial charge in [0.25, 0.3) is 0 Å². The number of benzene rings is 1. The number of fused-ring (bicyclic) bond motifs is 1. The normalized spacial score (nSPS) is 24.9. The zero-order valence-corrected chi connectivity index (χ0v) is 14.8. The number of nitrogens with zero attached hydrogens (tertiary/aromatic N) is 1. The second-order valence-electron chi connectivity index (χ2n) is 7.16. The molecule has 1 heterocycles. The third kappa shape index (κ3) is 3.62. The molecule has 0 aromatic heterocycles. The summed E-state index contributed by atoms with van der Waals surface area (Å²) in [6.07, 6.45) is 4.34. The van der Waals surface area contributed by atoms with E-state index in [2.05, 4.69) is 58.2 Å². The lowest BCUT2D eigenvalue weighted by Crippen LogP contribution is -2.21. The highest BCUT2D eigenvalue weighted by atomic mass is 79.9. The van der Waals surface area contributed by atoms with E-state index in [1.54, 1.807) is 0 Å². The minimum absolute atomic E-state index is 0.701. The number of rotatable bonds is 5. The molecule has 2 aliphatic rings. The Bertz CT molecular complexity index is 474. The fourth-order valence-corrected chi connectivity index (χ4v) is 4.32. The fourth-order valence-electron chi connectivity index (χ4n) is 3.82. The Labute approximate surface area is 137 Å². The fraction of sp³-hybridized carbons (Fsp3) is 0.667. The predicted molar refractivity (Wildman–Crippen MR) is 93.7 cm³/mol. The van der Waals surface area contributed by atoms with E-state index in [0.29, 0.717) is 5.92 Å². The van der Waals surface area contributed by atoms with Crippen molar-refractivity contribution < 1.29 is 0 Å². The maximum absolute atomic E-state index is 3.76. The third-order valence-corrected chi connectivity index (χ3v) is 5.73. The zero-order chi connectivity index (χ0) is 14.8. The van der Waals surface area contributed by atoms with Crippen LogP contribution < -0.4 is 10.2 Å². The van der Waals surface area contributed by atoms with Crippen LogP contribution in [0.3, 0.4) is 0 Å². The van der Waals surface area contributed by atoms with Gasteiger partial charge in [0.05, 0.1) is 0 Å². The van der Waals surface area contributed by atoms with Crippen molar-refractivity contribution >= 4 is 21.6 Å². The van der Waals surface area contributed by atoms with Crippen molar-refractivity contribution in [3.05, 3.63) is 28.2 Å². The summed E-state index contributed by atoms with van der Waals surface area (Å²) in [5.74, 6) is 2.61. The standard InChI is InChI=1S/C18H27BrN2/c1-13(2)9-20-10-14-6-7-17(8-18(14)19)21-11-15-4-3-5-16(15)12-21/h6-8,13,15-16,20H,3-5,9-12H2,1-2H3. The van der Waals surface area contributed by atoms with E-state index in [-0.39, 0.29) is 0 Å². The van der Waals surface area contributed by atoms with Gasteiger partial charge < -0.3 is 10.2 Å². The summed E-state index contributed by atoms with van der Waals surface area (Å²) in [5, 5.41) is 3.52. The minimum atomic E-state index is 0.701. The summed E-state index contributed by atoms with van der Waals surface area (Å²) < 4.78 is 1.24. The van der Waals surface area contributed by atoms with E-state index in [9.17, 15) is 0 Å². The first-order valence-electron chi connectivity index (χ1n) is 8.37. The number of hydrogen-bond donors (Lipinski definition) is 1. The van der Waals surface area contributed by atoms with Crippen molar-refractivity contribution in [2.24, 2.45) is 17.8 Å². The molecule has 2 atom stereocenters. The largest absolute Gasteiger partial charge is 0.371 e. The molecule has 3 heteroatoms. The van der Waals surface area contributed by atoms with Gasteiger partial charge in [0.1, 0.15) is 0 Å². The van der Waals surface area contributed by atoms with Crippen LogP contribution in [0, 0.1) is 17.8 Å². The van der Waals surface area contributed by atoms with Crippen LogP contribution in [-0.2, 0) is 6.54 Å². The van der Waals surface area contributed by atoms with Gasteiger partial charge in [-0.15, -0.1) is 0 Å². The molecule has 1 aromatic carbocycles. The van der Waals surface area contributed by atoms with Crippen molar-refractivity contribution in [1.82, 2.24) is 5.32 Å². The van der Waals surface area contributed by atoms with Gasteiger partial charge >= 0.3 is 0 Å². The molecule has 116 valence electrons. The van der Waals surface area contributed by atoms with Crippen molar-refractivity contribution in [3.63, 3.8) is 0 Å². The molecule has 1 saturated carbocycles. The molecule has 0 bridgehead atoms. The Morgan fingerprint density at radius 3 is 2.57 bits per heavy atom. The van der Waals surface area contributed by atoms with Crippen molar-refractivity contribution in [2.45, 2.75) is 39.7 Å². The van der Waals surface area contributed by atoms with Crippen LogP contribution in [0.15, 0.2) is 22.7 Å². The molecule has 21 heavy (non-hydrogen) atoms. The van der Waals surface area contributed by atoms with Crippen LogP contribution in [0.25, 0.3) is 0 Å². The van der Waals surface area contributed by atoms with Crippen molar-refractivity contribution in [1.29, 1.82) is 0 Å². The minimum Gasteiger partial charge on any atom is -0.371 e. The molecule has 3 rings (SSSR count). The molecule has 1 aliphatic carbocycles. The predicted octanol–water partition coefficient (Wildman–Crippen LogP) is 4.43. The Morgan fingerprint density at radius 1 is 1.24 bits per heavy atom. The lowest BCUT2D eigenvalue weighted by molar-refractivity contribution is 0.494. The maximum Gasteiger partial charge on any atom is 0.0377 e. The summed E-state index contributed by atoms with van der Waals surface area (Å²) in [6, 6.07) is 6.90. The van der Waals surface area contributed by atoms with Crippen LogP contribution in [0.1, 0.15) is 38.7 Å². The molecular formula is C18H27BrN2. The number of anilines is 1. The lowest BCUT2D eigenvalue weighted by Gasteiger charge is -2.21. The van der Waals surface area contributed by atoms with Gasteiger partial charge in [-0.05, 0) is 54.8 Å². The summed E-state index contributed by atoms with van der Waals surface area (Å²) in [7, 11) is 0. The van der Waals surface area contributed by atoms with E-state index in [1.165, 1.54) is 48.1 Å². The molecule has 2 nitrogen and oxygen atoms in total. The number of halogens is 1. The molecule has 2 unspecified atom stereocenters. The maximum atomic E-state index is 3.76. The van der Waals surface area contributed by atoms with Gasteiger partial charge in [-0.25, -0.2) is 0 Å². The van der Waals surface area contributed by atoms with Gasteiger partial charge in [-0.3, -0.25) is 0 Å². The molecule has 1 aliphatic heterocycles. The molecule has 0 spiro atoms. The van der Waals surface area contributed by atoms with Crippen molar-refractivity contribution in [3.8, 4) is 0 Å². The number of nitrogens with one attached hydrogen (secondary N) is 1. The Hall–Kier alpha value is -0.540. The van der Waals surface area contributed by atoms with E-state index in [0.717, 1.165) is 24.9 Å². The van der Waals surface area contributed by atoms with Crippen molar-refractivity contribution in [2.75, 3.05) is 24.5 Å². The Morgan fingerprint density at radius 2 is 1.95 bits per heavy atom. The second kappa shape index (κ2) is 6.70. The molecule has 2 fully saturated rings. The molecule has 1 saturated heterocycles. The number of hydrogen-bond acceptors (Lipinski definition) is 2. The highest BCUT2D eigenvalue weighted by Crippen LogP contribution is 2.40. The molecule has 1 aromatic rings. The van der Waals surface area contributed by atoms with Crippen LogP contribution in [0.2, 0.25) is 0 Å². The summed E-state index contributed by atoms with van der Waals surface area (Å²) in [4.78, 5) is 2.59. The summed E-state index contributed by atoms with van der Waals surface area (Å²) >= 11 is 3.76. The van der Waals surface area contributed by atoms with E-state index in [1.807, 2.05) is 0 Å². The quantitative estimate of drug-likeness (QED) is 0.844. The average molecular weight is 351 g/mol. The molecular weight excluding hydrogens is 324 g/mol. The monoisotopic (exact) mass is 350 g/mol. The Balaban J connectivity index is 1.61. The Kier molecular flexibility index (Phi) is 4.90. The van der Waals surface area contributed by atoms with Crippen LogP contribution in [-0.4, -0.2) is 19.6 Å². The average Bonchev–Trinajstić information content (AvgIpc) is 3.01. The third-order valence-electron chi connectivity index (χ3n) is 5.00. The van der Waals surface area contributed by atoms with Gasteiger partial charge in [-0.2, -0.15) is 0 Å². The molecule has 0 radical (unpaired) electrons. The van der Waals surface area contributed by atoms with E-state index < -0.39 is 0 Å². The van der Waals surface area contributed by atoms with Crippen LogP contribution in [0.5, 0.6) is 0 Å². The van der Waals surface area contributed by atoms with Gasteiger partial charge in [0.2, 0.25) is 0 Å². The summed E-state index contributed by atoms with van der Waals surface area (Å²) in [6.45, 7) is 9.04. The topological polar surface area (TPSA) is 15.3 Å². The van der Waals surface area contributed by atoms with Crippen LogP contribution >= 0.6 is 15.9 Å². The smallest absolute Gasteiger partial charge is 0.0377 e. The van der Waals surface area contributed by atoms with Crippen LogP contribution in [0.4, 0.5) is 5.69 Å². The van der Waals surface area contributed by atoms with Gasteiger partial charge in [0, 0.05) is 29.8 Å². The highest BCUT2D eigenvalue weighted by Gasteiger charge is 2.36. The van der Waals surface area contributed by atoms with Gasteiger partial charge in [0.15, 0.2) is 0 Å². The zero-order valence-electron chi connectivity index (χ0n) is 13.2. The molecule has 1 N–H and O–H groups in total.